The topological polar surface area (TPSA) is 84.4 Å². The Kier molecular flexibility index (Phi) is 6.78. The number of aromatic nitrogens is 2. The summed E-state index contributed by atoms with van der Waals surface area (Å²) in [4.78, 5) is 37.1. The maximum absolute atomic E-state index is 12.8. The van der Waals surface area contributed by atoms with Crippen molar-refractivity contribution in [2.24, 2.45) is 0 Å². The molecule has 7 nitrogen and oxygen atoms in total. The Bertz CT molecular complexity index is 1150. The van der Waals surface area contributed by atoms with Crippen molar-refractivity contribution in [1.29, 1.82) is 0 Å². The molecule has 1 N–H and O–H groups in total. The molecule has 0 aliphatic carbocycles. The number of likely N-dealkylation sites (tertiary alicyclic amines) is 1. The summed E-state index contributed by atoms with van der Waals surface area (Å²) < 4.78 is 5.28. The van der Waals surface area contributed by atoms with Gasteiger partial charge in [0.2, 0.25) is 0 Å². The van der Waals surface area contributed by atoms with Crippen molar-refractivity contribution in [2.75, 3.05) is 25.5 Å². The SMILES string of the molecule is COc1ccc(Cl)cc1NC(=O)c1csc(C2CCN(C(=O)c3sc(C)nc3C)CC2)n1. The first-order valence-corrected chi connectivity index (χ1v) is 12.3. The van der Waals surface area contributed by atoms with Gasteiger partial charge in [0.15, 0.2) is 0 Å². The van der Waals surface area contributed by atoms with Gasteiger partial charge in [-0.15, -0.1) is 22.7 Å². The maximum Gasteiger partial charge on any atom is 0.275 e. The molecule has 32 heavy (non-hydrogen) atoms. The molecular formula is C22H23ClN4O3S2. The molecule has 2 aromatic heterocycles. The Morgan fingerprint density at radius 1 is 1.22 bits per heavy atom. The number of hydrogen-bond donors (Lipinski definition) is 1. The number of amides is 2. The summed E-state index contributed by atoms with van der Waals surface area (Å²) in [5.74, 6) is 0.509. The predicted molar refractivity (Wildman–Crippen MR) is 128 cm³/mol. The van der Waals surface area contributed by atoms with Gasteiger partial charge in [-0.25, -0.2) is 9.97 Å². The summed E-state index contributed by atoms with van der Waals surface area (Å²) in [6, 6.07) is 5.05. The number of carbonyl (C=O) groups excluding carboxylic acids is 2. The van der Waals surface area contributed by atoms with Crippen molar-refractivity contribution in [3.8, 4) is 5.75 Å². The third kappa shape index (κ3) is 4.79. The van der Waals surface area contributed by atoms with E-state index in [-0.39, 0.29) is 17.7 Å². The number of piperidine rings is 1. The van der Waals surface area contributed by atoms with Crippen molar-refractivity contribution < 1.29 is 14.3 Å². The van der Waals surface area contributed by atoms with E-state index in [9.17, 15) is 9.59 Å². The highest BCUT2D eigenvalue weighted by molar-refractivity contribution is 7.13. The van der Waals surface area contributed by atoms with Crippen LogP contribution in [0.15, 0.2) is 23.6 Å². The monoisotopic (exact) mass is 490 g/mol. The first-order chi connectivity index (χ1) is 15.4. The van der Waals surface area contributed by atoms with E-state index in [0.717, 1.165) is 33.4 Å². The van der Waals surface area contributed by atoms with Gasteiger partial charge in [-0.3, -0.25) is 9.59 Å². The number of aryl methyl sites for hydroxylation is 2. The van der Waals surface area contributed by atoms with Crippen LogP contribution in [0.2, 0.25) is 5.02 Å². The molecule has 3 heterocycles. The van der Waals surface area contributed by atoms with Crippen molar-refractivity contribution >= 4 is 51.8 Å². The Hall–Kier alpha value is -2.49. The van der Waals surface area contributed by atoms with Crippen LogP contribution in [0.4, 0.5) is 5.69 Å². The number of rotatable bonds is 5. The highest BCUT2D eigenvalue weighted by Crippen LogP contribution is 2.32. The van der Waals surface area contributed by atoms with Crippen molar-refractivity contribution in [2.45, 2.75) is 32.6 Å². The van der Waals surface area contributed by atoms with Gasteiger partial charge in [0.25, 0.3) is 11.8 Å². The summed E-state index contributed by atoms with van der Waals surface area (Å²) in [7, 11) is 1.54. The molecule has 1 aliphatic heterocycles. The average molecular weight is 491 g/mol. The number of methoxy groups -OCH3 is 1. The van der Waals surface area contributed by atoms with Crippen LogP contribution < -0.4 is 10.1 Å². The summed E-state index contributed by atoms with van der Waals surface area (Å²) in [5, 5.41) is 6.92. The standard InChI is InChI=1S/C22H23ClN4O3S2/c1-12-19(32-13(2)24-12)22(29)27-8-6-14(7-9-27)21-26-17(11-31-21)20(28)25-16-10-15(23)4-5-18(16)30-3/h4-5,10-11,14H,6-9H2,1-3H3,(H,25,28). The minimum absolute atomic E-state index is 0.0567. The van der Waals surface area contributed by atoms with Crippen LogP contribution in [0.1, 0.15) is 54.6 Å². The molecule has 1 saturated heterocycles. The van der Waals surface area contributed by atoms with Crippen molar-refractivity contribution in [3.63, 3.8) is 0 Å². The van der Waals surface area contributed by atoms with E-state index in [4.69, 9.17) is 16.3 Å². The lowest BCUT2D eigenvalue weighted by Gasteiger charge is -2.30. The number of nitrogens with zero attached hydrogens (tertiary/aromatic N) is 3. The van der Waals surface area contributed by atoms with Gasteiger partial charge in [0.1, 0.15) is 16.3 Å². The Balaban J connectivity index is 1.38. The number of carbonyl (C=O) groups is 2. The second-order valence-electron chi connectivity index (χ2n) is 7.58. The van der Waals surface area contributed by atoms with Gasteiger partial charge in [0.05, 0.1) is 28.5 Å². The van der Waals surface area contributed by atoms with Gasteiger partial charge in [-0.05, 0) is 44.9 Å². The zero-order chi connectivity index (χ0) is 22.8. The normalized spacial score (nSPS) is 14.4. The minimum Gasteiger partial charge on any atom is -0.495 e. The fraction of sp³-hybridized carbons (Fsp3) is 0.364. The Labute approximate surface area is 199 Å². The van der Waals surface area contributed by atoms with Crippen LogP contribution in [-0.4, -0.2) is 46.9 Å². The molecule has 0 unspecified atom stereocenters. The zero-order valence-electron chi connectivity index (χ0n) is 18.0. The first kappa shape index (κ1) is 22.7. The third-order valence-corrected chi connectivity index (χ3v) is 7.70. The summed E-state index contributed by atoms with van der Waals surface area (Å²) in [5.41, 5.74) is 1.66. The van der Waals surface area contributed by atoms with Crippen LogP contribution in [0.25, 0.3) is 0 Å². The van der Waals surface area contributed by atoms with Crippen LogP contribution in [0.3, 0.4) is 0 Å². The molecule has 3 aromatic rings. The van der Waals surface area contributed by atoms with Gasteiger partial charge < -0.3 is 15.0 Å². The molecule has 0 atom stereocenters. The number of nitrogens with one attached hydrogen (secondary N) is 1. The molecule has 10 heteroatoms. The molecule has 1 aromatic carbocycles. The van der Waals surface area contributed by atoms with Gasteiger partial charge >= 0.3 is 0 Å². The molecule has 0 saturated carbocycles. The largest absolute Gasteiger partial charge is 0.495 e. The van der Waals surface area contributed by atoms with Crippen LogP contribution in [0, 0.1) is 13.8 Å². The second-order valence-corrected chi connectivity index (χ2v) is 10.1. The van der Waals surface area contributed by atoms with Gasteiger partial charge in [0, 0.05) is 29.4 Å². The zero-order valence-corrected chi connectivity index (χ0v) is 20.4. The molecule has 0 bridgehead atoms. The van der Waals surface area contributed by atoms with Crippen LogP contribution >= 0.6 is 34.3 Å². The number of halogens is 1. The first-order valence-electron chi connectivity index (χ1n) is 10.2. The van der Waals surface area contributed by atoms with E-state index in [1.807, 2.05) is 18.7 Å². The van der Waals surface area contributed by atoms with Crippen molar-refractivity contribution in [3.05, 3.63) is 54.9 Å². The quantitative estimate of drug-likeness (QED) is 0.534. The van der Waals surface area contributed by atoms with Gasteiger partial charge in [-0.1, -0.05) is 11.6 Å². The lowest BCUT2D eigenvalue weighted by molar-refractivity contribution is 0.0717. The highest BCUT2D eigenvalue weighted by Gasteiger charge is 2.28. The van der Waals surface area contributed by atoms with E-state index in [1.165, 1.54) is 29.8 Å². The summed E-state index contributed by atoms with van der Waals surface area (Å²) in [6.45, 7) is 5.13. The Morgan fingerprint density at radius 2 is 1.97 bits per heavy atom. The highest BCUT2D eigenvalue weighted by atomic mass is 35.5. The molecule has 0 spiro atoms. The van der Waals surface area contributed by atoms with Crippen molar-refractivity contribution in [1.82, 2.24) is 14.9 Å². The van der Waals surface area contributed by atoms with E-state index < -0.39 is 0 Å². The summed E-state index contributed by atoms with van der Waals surface area (Å²) >= 11 is 8.97. The molecule has 2 amide bonds. The van der Waals surface area contributed by atoms with Crippen LogP contribution in [0.5, 0.6) is 5.75 Å². The predicted octanol–water partition coefficient (Wildman–Crippen LogP) is 5.15. The number of thiazole rings is 2. The Morgan fingerprint density at radius 3 is 2.62 bits per heavy atom. The minimum atomic E-state index is -0.309. The molecule has 1 aliphatic rings. The van der Waals surface area contributed by atoms with E-state index in [2.05, 4.69) is 15.3 Å². The van der Waals surface area contributed by atoms with E-state index in [1.54, 1.807) is 23.6 Å². The van der Waals surface area contributed by atoms with Crippen LogP contribution in [-0.2, 0) is 0 Å². The van der Waals surface area contributed by atoms with Gasteiger partial charge in [-0.2, -0.15) is 0 Å². The number of benzene rings is 1. The molecule has 1 fully saturated rings. The average Bonchev–Trinajstić information content (AvgIpc) is 3.40. The number of anilines is 1. The lowest BCUT2D eigenvalue weighted by Crippen LogP contribution is -2.37. The summed E-state index contributed by atoms with van der Waals surface area (Å²) in [6.07, 6.45) is 1.64. The molecule has 0 radical (unpaired) electrons. The maximum atomic E-state index is 12.8. The lowest BCUT2D eigenvalue weighted by atomic mass is 9.97. The second kappa shape index (κ2) is 9.56. The number of hydrogen-bond acceptors (Lipinski definition) is 7. The smallest absolute Gasteiger partial charge is 0.275 e. The third-order valence-electron chi connectivity index (χ3n) is 5.39. The van der Waals surface area contributed by atoms with E-state index >= 15 is 0 Å². The molecular weight excluding hydrogens is 468 g/mol. The molecule has 4 rings (SSSR count). The number of ether oxygens (including phenoxy) is 1. The molecule has 168 valence electrons. The fourth-order valence-electron chi connectivity index (χ4n) is 3.75. The fourth-order valence-corrected chi connectivity index (χ4v) is 5.78. The van der Waals surface area contributed by atoms with E-state index in [0.29, 0.717) is 35.2 Å².